The molecule has 0 spiro atoms. The zero-order valence-corrected chi connectivity index (χ0v) is 15.3. The van der Waals surface area contributed by atoms with Crippen molar-refractivity contribution in [2.24, 2.45) is 5.73 Å². The number of aromatic nitrogens is 2. The van der Waals surface area contributed by atoms with Crippen molar-refractivity contribution in [1.82, 2.24) is 9.78 Å². The minimum atomic E-state index is -4.55. The van der Waals surface area contributed by atoms with Gasteiger partial charge in [-0.3, -0.25) is 4.79 Å². The van der Waals surface area contributed by atoms with Gasteiger partial charge in [0.25, 0.3) is 0 Å². The van der Waals surface area contributed by atoms with Crippen LogP contribution >= 0.6 is 0 Å². The fraction of sp³-hybridized carbons (Fsp3) is 0.238. The van der Waals surface area contributed by atoms with Gasteiger partial charge in [-0.25, -0.2) is 4.68 Å². The highest BCUT2D eigenvalue weighted by atomic mass is 19.4. The fourth-order valence-corrected chi connectivity index (χ4v) is 3.01. The second kappa shape index (κ2) is 7.88. The van der Waals surface area contributed by atoms with Crippen LogP contribution in [0.15, 0.2) is 54.6 Å². The summed E-state index contributed by atoms with van der Waals surface area (Å²) < 4.78 is 41.0. The summed E-state index contributed by atoms with van der Waals surface area (Å²) in [5.41, 5.74) is 7.49. The standard InChI is InChI=1S/C21H20F3N3O/c1-2-3-14-4-8-16(9-5-14)18-13-19(21(22,23)24)26-27(18)17-10-6-15(7-11-17)12-20(25)28/h4-11,13H,2-3,12H2,1H3,(H2,25,28). The van der Waals surface area contributed by atoms with Crippen LogP contribution in [0.25, 0.3) is 16.9 Å². The Morgan fingerprint density at radius 1 is 1.04 bits per heavy atom. The van der Waals surface area contributed by atoms with E-state index in [0.29, 0.717) is 22.5 Å². The molecule has 0 atom stereocenters. The fourth-order valence-electron chi connectivity index (χ4n) is 3.01. The summed E-state index contributed by atoms with van der Waals surface area (Å²) in [6, 6.07) is 15.1. The van der Waals surface area contributed by atoms with Gasteiger partial charge in [0.1, 0.15) is 0 Å². The van der Waals surface area contributed by atoms with Crippen molar-refractivity contribution in [1.29, 1.82) is 0 Å². The SMILES string of the molecule is CCCc1ccc(-c2cc(C(F)(F)F)nn2-c2ccc(CC(N)=O)cc2)cc1. The largest absolute Gasteiger partial charge is 0.435 e. The Morgan fingerprint density at radius 2 is 1.64 bits per heavy atom. The summed E-state index contributed by atoms with van der Waals surface area (Å²) >= 11 is 0. The van der Waals surface area contributed by atoms with Crippen LogP contribution in [-0.2, 0) is 23.8 Å². The Bertz CT molecular complexity index is 958. The molecule has 146 valence electrons. The molecule has 1 heterocycles. The third-order valence-corrected chi connectivity index (χ3v) is 4.35. The number of nitrogens with two attached hydrogens (primary N) is 1. The van der Waals surface area contributed by atoms with Gasteiger partial charge in [-0.05, 0) is 35.7 Å². The zero-order chi connectivity index (χ0) is 20.3. The van der Waals surface area contributed by atoms with E-state index in [-0.39, 0.29) is 6.42 Å². The maximum atomic E-state index is 13.3. The zero-order valence-electron chi connectivity index (χ0n) is 15.3. The summed E-state index contributed by atoms with van der Waals surface area (Å²) in [6.07, 6.45) is -2.57. The molecule has 28 heavy (non-hydrogen) atoms. The number of primary amides is 1. The van der Waals surface area contributed by atoms with Crippen LogP contribution in [0.5, 0.6) is 0 Å². The smallest absolute Gasteiger partial charge is 0.369 e. The van der Waals surface area contributed by atoms with E-state index in [4.69, 9.17) is 5.73 Å². The molecule has 1 aromatic heterocycles. The van der Waals surface area contributed by atoms with Gasteiger partial charge < -0.3 is 5.73 Å². The third-order valence-electron chi connectivity index (χ3n) is 4.35. The minimum absolute atomic E-state index is 0.0684. The Hall–Kier alpha value is -3.09. The van der Waals surface area contributed by atoms with E-state index in [9.17, 15) is 18.0 Å². The number of rotatable bonds is 6. The first-order valence-electron chi connectivity index (χ1n) is 8.92. The van der Waals surface area contributed by atoms with Crippen molar-refractivity contribution in [3.8, 4) is 16.9 Å². The molecule has 3 rings (SSSR count). The summed E-state index contributed by atoms with van der Waals surface area (Å²) in [6.45, 7) is 2.07. The molecule has 0 unspecified atom stereocenters. The van der Waals surface area contributed by atoms with Crippen molar-refractivity contribution < 1.29 is 18.0 Å². The number of aryl methyl sites for hydroxylation is 1. The second-order valence-corrected chi connectivity index (χ2v) is 6.58. The molecule has 0 fully saturated rings. The second-order valence-electron chi connectivity index (χ2n) is 6.58. The Labute approximate surface area is 160 Å². The number of nitrogens with zero attached hydrogens (tertiary/aromatic N) is 2. The van der Waals surface area contributed by atoms with Gasteiger partial charge in [-0.1, -0.05) is 49.7 Å². The lowest BCUT2D eigenvalue weighted by Gasteiger charge is -2.09. The number of carbonyl (C=O) groups excluding carboxylic acids is 1. The molecule has 0 bridgehead atoms. The quantitative estimate of drug-likeness (QED) is 0.675. The van der Waals surface area contributed by atoms with Gasteiger partial charge in [0.2, 0.25) is 5.91 Å². The van der Waals surface area contributed by atoms with Gasteiger partial charge in [0.15, 0.2) is 5.69 Å². The number of amides is 1. The number of alkyl halides is 3. The average Bonchev–Trinajstić information content (AvgIpc) is 3.08. The van der Waals surface area contributed by atoms with Crippen LogP contribution in [0.4, 0.5) is 13.2 Å². The Morgan fingerprint density at radius 3 is 2.18 bits per heavy atom. The minimum Gasteiger partial charge on any atom is -0.369 e. The molecule has 0 aliphatic carbocycles. The average molecular weight is 387 g/mol. The molecular weight excluding hydrogens is 367 g/mol. The number of benzene rings is 2. The first-order chi connectivity index (χ1) is 13.3. The maximum absolute atomic E-state index is 13.3. The predicted molar refractivity (Wildman–Crippen MR) is 101 cm³/mol. The highest BCUT2D eigenvalue weighted by molar-refractivity contribution is 5.76. The van der Waals surface area contributed by atoms with Crippen molar-refractivity contribution in [2.45, 2.75) is 32.4 Å². The molecule has 4 nitrogen and oxygen atoms in total. The van der Waals surface area contributed by atoms with E-state index >= 15 is 0 Å². The molecule has 1 amide bonds. The van der Waals surface area contributed by atoms with Gasteiger partial charge in [0.05, 0.1) is 17.8 Å². The van der Waals surface area contributed by atoms with Crippen molar-refractivity contribution in [2.75, 3.05) is 0 Å². The summed E-state index contributed by atoms with van der Waals surface area (Å²) in [5, 5.41) is 3.78. The van der Waals surface area contributed by atoms with Crippen molar-refractivity contribution in [3.63, 3.8) is 0 Å². The molecule has 7 heteroatoms. The van der Waals surface area contributed by atoms with E-state index in [0.717, 1.165) is 24.5 Å². The van der Waals surface area contributed by atoms with Crippen LogP contribution < -0.4 is 5.73 Å². The van der Waals surface area contributed by atoms with Crippen LogP contribution in [0, 0.1) is 0 Å². The van der Waals surface area contributed by atoms with E-state index in [1.54, 1.807) is 36.4 Å². The molecule has 3 aromatic rings. The lowest BCUT2D eigenvalue weighted by Crippen LogP contribution is -2.13. The third kappa shape index (κ3) is 4.42. The van der Waals surface area contributed by atoms with Crippen LogP contribution in [0.2, 0.25) is 0 Å². The highest BCUT2D eigenvalue weighted by Gasteiger charge is 2.35. The molecule has 0 aliphatic heterocycles. The lowest BCUT2D eigenvalue weighted by molar-refractivity contribution is -0.141. The maximum Gasteiger partial charge on any atom is 0.435 e. The van der Waals surface area contributed by atoms with E-state index in [2.05, 4.69) is 12.0 Å². The molecular formula is C21H20F3N3O. The highest BCUT2D eigenvalue weighted by Crippen LogP contribution is 2.33. The molecule has 0 saturated carbocycles. The van der Waals surface area contributed by atoms with Gasteiger partial charge in [-0.15, -0.1) is 0 Å². The normalized spacial score (nSPS) is 11.6. The van der Waals surface area contributed by atoms with Gasteiger partial charge >= 0.3 is 6.18 Å². The molecule has 2 aromatic carbocycles. The first-order valence-corrected chi connectivity index (χ1v) is 8.92. The number of hydrogen-bond acceptors (Lipinski definition) is 2. The van der Waals surface area contributed by atoms with E-state index < -0.39 is 17.8 Å². The van der Waals surface area contributed by atoms with Crippen LogP contribution in [0.3, 0.4) is 0 Å². The van der Waals surface area contributed by atoms with Crippen molar-refractivity contribution in [3.05, 3.63) is 71.4 Å². The summed E-state index contributed by atoms with van der Waals surface area (Å²) in [4.78, 5) is 11.0. The molecule has 0 radical (unpaired) electrons. The predicted octanol–water partition coefficient (Wildman–Crippen LogP) is 4.54. The van der Waals surface area contributed by atoms with Gasteiger partial charge in [0, 0.05) is 5.56 Å². The molecule has 2 N–H and O–H groups in total. The Kier molecular flexibility index (Phi) is 5.53. The molecule has 0 aliphatic rings. The lowest BCUT2D eigenvalue weighted by atomic mass is 10.1. The summed E-state index contributed by atoms with van der Waals surface area (Å²) in [5.74, 6) is -0.473. The van der Waals surface area contributed by atoms with E-state index in [1.165, 1.54) is 4.68 Å². The topological polar surface area (TPSA) is 60.9 Å². The van der Waals surface area contributed by atoms with E-state index in [1.807, 2.05) is 12.1 Å². The number of hydrogen-bond donors (Lipinski definition) is 1. The number of carbonyl (C=O) groups is 1. The Balaban J connectivity index is 2.04. The van der Waals surface area contributed by atoms with Crippen LogP contribution in [-0.4, -0.2) is 15.7 Å². The summed E-state index contributed by atoms with van der Waals surface area (Å²) in [7, 11) is 0. The molecule has 0 saturated heterocycles. The number of halogens is 3. The van der Waals surface area contributed by atoms with Gasteiger partial charge in [-0.2, -0.15) is 18.3 Å². The first kappa shape index (κ1) is 19.7. The van der Waals surface area contributed by atoms with Crippen LogP contribution in [0.1, 0.15) is 30.2 Å². The monoisotopic (exact) mass is 387 g/mol. The van der Waals surface area contributed by atoms with Crippen molar-refractivity contribution >= 4 is 5.91 Å².